The molecule has 1 N–H and O–H groups in total. The minimum Gasteiger partial charge on any atom is -0.346 e. The van der Waals surface area contributed by atoms with E-state index in [0.29, 0.717) is 11.2 Å². The van der Waals surface area contributed by atoms with E-state index >= 15 is 0 Å². The van der Waals surface area contributed by atoms with Crippen molar-refractivity contribution in [2.24, 2.45) is 0 Å². The van der Waals surface area contributed by atoms with Gasteiger partial charge in [-0.1, -0.05) is 36.4 Å². The van der Waals surface area contributed by atoms with Crippen LogP contribution < -0.4 is 5.32 Å². The van der Waals surface area contributed by atoms with Gasteiger partial charge in [-0.15, -0.1) is 0 Å². The lowest BCUT2D eigenvalue weighted by molar-refractivity contribution is 0.0950. The molecule has 6 nitrogen and oxygen atoms in total. The highest BCUT2D eigenvalue weighted by molar-refractivity contribution is 7.91. The number of benzene rings is 2. The molecule has 162 valence electrons. The van der Waals surface area contributed by atoms with E-state index in [1.807, 2.05) is 42.5 Å². The standard InChI is InChI=1S/C23H17F2N3O3S/c24-23(25)32(30,31)19-8-4-7-16(11-19)22(29)27-14-18-12-21-17(13-26-18)9-10-20(28-21)15-5-2-1-3-6-15/h1-13,23H,14H2,(H,27,29). The minimum atomic E-state index is -4.79. The highest BCUT2D eigenvalue weighted by Crippen LogP contribution is 2.21. The van der Waals surface area contributed by atoms with Crippen LogP contribution in [-0.2, 0) is 16.4 Å². The SMILES string of the molecule is O=C(NCc1cc2nc(-c3ccccc3)ccc2cn1)c1cccc(S(=O)(=O)C(F)F)c1. The molecule has 0 atom stereocenters. The molecule has 0 aliphatic rings. The fourth-order valence-corrected chi connectivity index (χ4v) is 3.88. The van der Waals surface area contributed by atoms with Gasteiger partial charge in [-0.05, 0) is 36.4 Å². The van der Waals surface area contributed by atoms with Crippen molar-refractivity contribution >= 4 is 26.6 Å². The molecule has 4 rings (SSSR count). The van der Waals surface area contributed by atoms with Crippen molar-refractivity contribution in [3.05, 3.63) is 90.3 Å². The third-order valence-corrected chi connectivity index (χ3v) is 6.17. The molecule has 0 bridgehead atoms. The zero-order valence-electron chi connectivity index (χ0n) is 16.6. The predicted octanol–water partition coefficient (Wildman–Crippen LogP) is 4.22. The second-order valence-electron chi connectivity index (χ2n) is 6.95. The quantitative estimate of drug-likeness (QED) is 0.472. The van der Waals surface area contributed by atoms with E-state index in [2.05, 4.69) is 15.3 Å². The number of carbonyl (C=O) groups is 1. The van der Waals surface area contributed by atoms with Crippen LogP contribution in [0.15, 0.2) is 83.9 Å². The number of nitrogens with one attached hydrogen (secondary N) is 1. The first-order valence-corrected chi connectivity index (χ1v) is 11.1. The molecule has 0 aliphatic carbocycles. The van der Waals surface area contributed by atoms with Gasteiger partial charge < -0.3 is 5.32 Å². The van der Waals surface area contributed by atoms with Crippen LogP contribution in [0.4, 0.5) is 8.78 Å². The van der Waals surface area contributed by atoms with Crippen LogP contribution in [-0.4, -0.2) is 30.1 Å². The van der Waals surface area contributed by atoms with Gasteiger partial charge in [0.15, 0.2) is 0 Å². The van der Waals surface area contributed by atoms with Crippen molar-refractivity contribution < 1.29 is 22.0 Å². The fourth-order valence-electron chi connectivity index (χ4n) is 3.11. The van der Waals surface area contributed by atoms with E-state index in [4.69, 9.17) is 0 Å². The largest absolute Gasteiger partial charge is 0.346 e. The Morgan fingerprint density at radius 1 is 0.969 bits per heavy atom. The average molecular weight is 453 g/mol. The Balaban J connectivity index is 1.52. The lowest BCUT2D eigenvalue weighted by Gasteiger charge is -2.08. The van der Waals surface area contributed by atoms with Gasteiger partial charge >= 0.3 is 5.76 Å². The van der Waals surface area contributed by atoms with Crippen LogP contribution in [0.25, 0.3) is 22.2 Å². The van der Waals surface area contributed by atoms with Gasteiger partial charge in [0.05, 0.1) is 28.3 Å². The molecule has 1 amide bonds. The lowest BCUT2D eigenvalue weighted by Crippen LogP contribution is -2.23. The topological polar surface area (TPSA) is 89.0 Å². The van der Waals surface area contributed by atoms with E-state index in [9.17, 15) is 22.0 Å². The first kappa shape index (κ1) is 21.5. The Bertz CT molecular complexity index is 1390. The van der Waals surface area contributed by atoms with E-state index in [-0.39, 0.29) is 12.1 Å². The number of hydrogen-bond donors (Lipinski definition) is 1. The first-order valence-electron chi connectivity index (χ1n) is 9.56. The number of halogens is 2. The summed E-state index contributed by atoms with van der Waals surface area (Å²) in [6.07, 6.45) is 1.65. The Kier molecular flexibility index (Phi) is 5.91. The van der Waals surface area contributed by atoms with Gasteiger partial charge in [0.1, 0.15) is 0 Å². The summed E-state index contributed by atoms with van der Waals surface area (Å²) in [7, 11) is -4.79. The Morgan fingerprint density at radius 3 is 2.50 bits per heavy atom. The number of amides is 1. The van der Waals surface area contributed by atoms with Gasteiger partial charge in [-0.3, -0.25) is 9.78 Å². The van der Waals surface area contributed by atoms with Crippen molar-refractivity contribution in [3.63, 3.8) is 0 Å². The van der Waals surface area contributed by atoms with Crippen molar-refractivity contribution in [2.75, 3.05) is 0 Å². The summed E-state index contributed by atoms with van der Waals surface area (Å²) in [6.45, 7) is 0.0534. The molecule has 2 heterocycles. The molecule has 2 aromatic carbocycles. The number of carbonyl (C=O) groups excluding carboxylic acids is 1. The van der Waals surface area contributed by atoms with Crippen LogP contribution in [0.1, 0.15) is 16.1 Å². The summed E-state index contributed by atoms with van der Waals surface area (Å²) in [5.41, 5.74) is 2.98. The maximum atomic E-state index is 12.8. The second kappa shape index (κ2) is 8.80. The fraction of sp³-hybridized carbons (Fsp3) is 0.0870. The molecule has 0 fully saturated rings. The zero-order valence-corrected chi connectivity index (χ0v) is 17.4. The highest BCUT2D eigenvalue weighted by atomic mass is 32.2. The molecule has 0 saturated carbocycles. The summed E-state index contributed by atoms with van der Waals surface area (Å²) in [5.74, 6) is -4.17. The van der Waals surface area contributed by atoms with Gasteiger partial charge in [-0.25, -0.2) is 13.4 Å². The maximum Gasteiger partial charge on any atom is 0.341 e. The van der Waals surface area contributed by atoms with Crippen LogP contribution >= 0.6 is 0 Å². The molecule has 0 unspecified atom stereocenters. The van der Waals surface area contributed by atoms with Gasteiger partial charge in [0, 0.05) is 22.7 Å². The molecular weight excluding hydrogens is 436 g/mol. The van der Waals surface area contributed by atoms with Crippen LogP contribution in [0.2, 0.25) is 0 Å². The zero-order chi connectivity index (χ0) is 22.7. The number of fused-ring (bicyclic) bond motifs is 1. The number of rotatable bonds is 6. The molecule has 9 heteroatoms. The highest BCUT2D eigenvalue weighted by Gasteiger charge is 2.27. The number of hydrogen-bond acceptors (Lipinski definition) is 5. The molecule has 0 radical (unpaired) electrons. The molecule has 0 spiro atoms. The number of aromatic nitrogens is 2. The van der Waals surface area contributed by atoms with Gasteiger partial charge in [0.25, 0.3) is 5.91 Å². The summed E-state index contributed by atoms with van der Waals surface area (Å²) >= 11 is 0. The number of nitrogens with zero attached hydrogens (tertiary/aromatic N) is 2. The summed E-state index contributed by atoms with van der Waals surface area (Å²) in [4.78, 5) is 20.8. The Morgan fingerprint density at radius 2 is 1.75 bits per heavy atom. The number of sulfone groups is 1. The Hall–Kier alpha value is -3.72. The normalized spacial score (nSPS) is 11.6. The third-order valence-electron chi connectivity index (χ3n) is 4.79. The second-order valence-corrected chi connectivity index (χ2v) is 8.86. The van der Waals surface area contributed by atoms with Crippen molar-refractivity contribution in [3.8, 4) is 11.3 Å². The summed E-state index contributed by atoms with van der Waals surface area (Å²) < 4.78 is 48.8. The van der Waals surface area contributed by atoms with E-state index < -0.39 is 26.4 Å². The minimum absolute atomic E-state index is 0.0444. The smallest absolute Gasteiger partial charge is 0.341 e. The lowest BCUT2D eigenvalue weighted by atomic mass is 10.1. The Labute approximate surface area is 182 Å². The van der Waals surface area contributed by atoms with Crippen molar-refractivity contribution in [2.45, 2.75) is 17.2 Å². The van der Waals surface area contributed by atoms with Crippen LogP contribution in [0.5, 0.6) is 0 Å². The van der Waals surface area contributed by atoms with Crippen molar-refractivity contribution in [1.29, 1.82) is 0 Å². The number of alkyl halides is 2. The van der Waals surface area contributed by atoms with Gasteiger partial charge in [-0.2, -0.15) is 8.78 Å². The van der Waals surface area contributed by atoms with Crippen LogP contribution in [0, 0.1) is 0 Å². The molecular formula is C23H17F2N3O3S. The molecule has 0 aliphatic heterocycles. The molecule has 2 aromatic heterocycles. The van der Waals surface area contributed by atoms with Crippen LogP contribution in [0.3, 0.4) is 0 Å². The van der Waals surface area contributed by atoms with Crippen molar-refractivity contribution in [1.82, 2.24) is 15.3 Å². The molecule has 32 heavy (non-hydrogen) atoms. The summed E-state index contributed by atoms with van der Waals surface area (Å²) in [5, 5.41) is 3.46. The summed E-state index contributed by atoms with van der Waals surface area (Å²) in [6, 6.07) is 19.8. The number of pyridine rings is 2. The first-order chi connectivity index (χ1) is 15.3. The van der Waals surface area contributed by atoms with Gasteiger partial charge in [0.2, 0.25) is 9.84 Å². The monoisotopic (exact) mass is 453 g/mol. The molecule has 0 saturated heterocycles. The van der Waals surface area contributed by atoms with E-state index in [0.717, 1.165) is 28.8 Å². The van der Waals surface area contributed by atoms with E-state index in [1.54, 1.807) is 12.3 Å². The van der Waals surface area contributed by atoms with E-state index in [1.165, 1.54) is 12.1 Å². The molecule has 4 aromatic rings. The maximum absolute atomic E-state index is 12.8. The average Bonchev–Trinajstić information content (AvgIpc) is 2.82. The predicted molar refractivity (Wildman–Crippen MR) is 116 cm³/mol. The third kappa shape index (κ3) is 4.47.